The fourth-order valence-electron chi connectivity index (χ4n) is 2.73. The molecule has 1 amide bonds. The number of hydrogen-bond donors (Lipinski definition) is 1. The number of ether oxygens (including phenoxy) is 1. The van der Waals surface area contributed by atoms with Crippen molar-refractivity contribution in [3.05, 3.63) is 35.9 Å². The van der Waals surface area contributed by atoms with Crippen molar-refractivity contribution >= 4 is 11.9 Å². The van der Waals surface area contributed by atoms with Crippen LogP contribution in [0.1, 0.15) is 24.8 Å². The first kappa shape index (κ1) is 15.5. The molecule has 1 aromatic carbocycles. The Morgan fingerprint density at radius 2 is 2.00 bits per heavy atom. The number of carbonyl (C=O) groups is 2. The molecule has 0 spiro atoms. The maximum atomic E-state index is 12.6. The van der Waals surface area contributed by atoms with Crippen molar-refractivity contribution in [3.8, 4) is 0 Å². The Balaban J connectivity index is 2.07. The van der Waals surface area contributed by atoms with Gasteiger partial charge in [0.1, 0.15) is 6.54 Å². The quantitative estimate of drug-likeness (QED) is 0.830. The zero-order chi connectivity index (χ0) is 15.2. The maximum absolute atomic E-state index is 12.6. The van der Waals surface area contributed by atoms with Gasteiger partial charge in [0.15, 0.2) is 0 Å². The number of nitrogens with zero attached hydrogens (tertiary/aromatic N) is 1. The molecule has 0 saturated heterocycles. The third-order valence-electron chi connectivity index (χ3n) is 3.90. The molecule has 2 rings (SSSR count). The van der Waals surface area contributed by atoms with Crippen molar-refractivity contribution in [1.29, 1.82) is 0 Å². The van der Waals surface area contributed by atoms with Crippen molar-refractivity contribution < 1.29 is 14.3 Å². The minimum Gasteiger partial charge on any atom is -0.468 e. The van der Waals surface area contributed by atoms with Crippen molar-refractivity contribution in [2.75, 3.05) is 13.7 Å². The number of amides is 1. The molecular weight excluding hydrogens is 268 g/mol. The molecule has 1 aromatic rings. The van der Waals surface area contributed by atoms with Gasteiger partial charge in [-0.3, -0.25) is 9.59 Å². The molecule has 1 fully saturated rings. The summed E-state index contributed by atoms with van der Waals surface area (Å²) in [7, 11) is 1.33. The lowest BCUT2D eigenvalue weighted by molar-refractivity contribution is -0.149. The zero-order valence-corrected chi connectivity index (χ0v) is 12.3. The second-order valence-corrected chi connectivity index (χ2v) is 5.53. The Hall–Kier alpha value is -1.88. The lowest BCUT2D eigenvalue weighted by atomic mass is 10.1. The number of hydrogen-bond acceptors (Lipinski definition) is 4. The highest BCUT2D eigenvalue weighted by atomic mass is 16.5. The average Bonchev–Trinajstić information content (AvgIpc) is 2.93. The van der Waals surface area contributed by atoms with Crippen LogP contribution in [0, 0.1) is 5.92 Å². The molecule has 114 valence electrons. The van der Waals surface area contributed by atoms with E-state index in [4.69, 9.17) is 10.5 Å². The van der Waals surface area contributed by atoms with Crippen molar-refractivity contribution in [3.63, 3.8) is 0 Å². The fraction of sp³-hybridized carbons (Fsp3) is 0.500. The Morgan fingerprint density at radius 1 is 1.29 bits per heavy atom. The van der Waals surface area contributed by atoms with E-state index in [0.717, 1.165) is 18.4 Å². The number of carbonyl (C=O) groups excluding carboxylic acids is 2. The Bertz CT molecular complexity index is 490. The van der Waals surface area contributed by atoms with Gasteiger partial charge in [-0.1, -0.05) is 30.3 Å². The Labute approximate surface area is 125 Å². The van der Waals surface area contributed by atoms with Gasteiger partial charge >= 0.3 is 5.97 Å². The number of nitrogens with two attached hydrogens (primary N) is 1. The predicted octanol–water partition coefficient (Wildman–Crippen LogP) is 1.32. The average molecular weight is 290 g/mol. The van der Waals surface area contributed by atoms with Gasteiger partial charge in [0.25, 0.3) is 0 Å². The van der Waals surface area contributed by atoms with E-state index in [1.165, 1.54) is 7.11 Å². The molecule has 0 aromatic heterocycles. The molecule has 0 radical (unpaired) electrons. The zero-order valence-electron chi connectivity index (χ0n) is 12.3. The highest BCUT2D eigenvalue weighted by Gasteiger charge is 2.31. The van der Waals surface area contributed by atoms with Crippen LogP contribution in [-0.4, -0.2) is 36.5 Å². The van der Waals surface area contributed by atoms with Crippen LogP contribution in [0.2, 0.25) is 0 Å². The van der Waals surface area contributed by atoms with Crippen LogP contribution in [0.4, 0.5) is 0 Å². The molecule has 1 aliphatic rings. The molecular formula is C16H22N2O3. The van der Waals surface area contributed by atoms with Gasteiger partial charge < -0.3 is 15.4 Å². The highest BCUT2D eigenvalue weighted by Crippen LogP contribution is 2.26. The van der Waals surface area contributed by atoms with Gasteiger partial charge in [-0.15, -0.1) is 0 Å². The molecule has 2 atom stereocenters. The monoisotopic (exact) mass is 290 g/mol. The normalized spacial score (nSPS) is 21.0. The van der Waals surface area contributed by atoms with E-state index in [9.17, 15) is 9.59 Å². The van der Waals surface area contributed by atoms with Crippen molar-refractivity contribution in [2.45, 2.75) is 31.8 Å². The Morgan fingerprint density at radius 3 is 2.57 bits per heavy atom. The summed E-state index contributed by atoms with van der Waals surface area (Å²) in [5, 5.41) is 0. The van der Waals surface area contributed by atoms with Gasteiger partial charge in [-0.2, -0.15) is 0 Å². The van der Waals surface area contributed by atoms with E-state index >= 15 is 0 Å². The molecule has 5 heteroatoms. The summed E-state index contributed by atoms with van der Waals surface area (Å²) >= 11 is 0. The summed E-state index contributed by atoms with van der Waals surface area (Å²) in [5.41, 5.74) is 6.88. The molecule has 2 unspecified atom stereocenters. The maximum Gasteiger partial charge on any atom is 0.325 e. The van der Waals surface area contributed by atoms with Gasteiger partial charge in [0.2, 0.25) is 5.91 Å². The number of rotatable bonds is 5. The molecule has 0 bridgehead atoms. The van der Waals surface area contributed by atoms with Crippen LogP contribution in [-0.2, 0) is 20.9 Å². The Kier molecular flexibility index (Phi) is 5.33. The summed E-state index contributed by atoms with van der Waals surface area (Å²) in [5.74, 6) is -0.479. The van der Waals surface area contributed by atoms with E-state index in [0.29, 0.717) is 13.0 Å². The second-order valence-electron chi connectivity index (χ2n) is 5.53. The lowest BCUT2D eigenvalue weighted by Gasteiger charge is -2.24. The van der Waals surface area contributed by atoms with Gasteiger partial charge in [-0.05, 0) is 24.8 Å². The van der Waals surface area contributed by atoms with Crippen molar-refractivity contribution in [2.24, 2.45) is 11.7 Å². The summed E-state index contributed by atoms with van der Waals surface area (Å²) in [6, 6.07) is 9.74. The van der Waals surface area contributed by atoms with Gasteiger partial charge in [0, 0.05) is 18.5 Å². The fourth-order valence-corrected chi connectivity index (χ4v) is 2.73. The van der Waals surface area contributed by atoms with Crippen LogP contribution in [0.5, 0.6) is 0 Å². The van der Waals surface area contributed by atoms with Crippen LogP contribution < -0.4 is 5.73 Å². The molecule has 2 N–H and O–H groups in total. The topological polar surface area (TPSA) is 72.6 Å². The SMILES string of the molecule is COC(=O)CN(Cc1ccccc1)C(=O)C1CCC(N)C1. The van der Waals surface area contributed by atoms with Gasteiger partial charge in [0.05, 0.1) is 7.11 Å². The van der Waals surface area contributed by atoms with Crippen LogP contribution >= 0.6 is 0 Å². The van der Waals surface area contributed by atoms with E-state index in [-0.39, 0.29) is 24.4 Å². The number of esters is 1. The molecule has 1 aliphatic carbocycles. The first-order chi connectivity index (χ1) is 10.1. The molecule has 1 saturated carbocycles. The summed E-state index contributed by atoms with van der Waals surface area (Å²) in [4.78, 5) is 25.7. The summed E-state index contributed by atoms with van der Waals surface area (Å²) in [6.07, 6.45) is 2.37. The summed E-state index contributed by atoms with van der Waals surface area (Å²) < 4.78 is 4.69. The lowest BCUT2D eigenvalue weighted by Crippen LogP contribution is -2.39. The molecule has 0 heterocycles. The van der Waals surface area contributed by atoms with E-state index in [2.05, 4.69) is 0 Å². The predicted molar refractivity (Wildman–Crippen MR) is 79.2 cm³/mol. The highest BCUT2D eigenvalue weighted by molar-refractivity contribution is 5.83. The largest absolute Gasteiger partial charge is 0.468 e. The minimum atomic E-state index is -0.401. The minimum absolute atomic E-state index is 0.00259. The second kappa shape index (κ2) is 7.22. The van der Waals surface area contributed by atoms with Crippen LogP contribution in [0.15, 0.2) is 30.3 Å². The smallest absolute Gasteiger partial charge is 0.325 e. The molecule has 0 aliphatic heterocycles. The van der Waals surface area contributed by atoms with Crippen molar-refractivity contribution in [1.82, 2.24) is 4.90 Å². The molecule has 5 nitrogen and oxygen atoms in total. The standard InChI is InChI=1S/C16H22N2O3/c1-21-15(19)11-18(10-12-5-3-2-4-6-12)16(20)13-7-8-14(17)9-13/h2-6,13-14H,7-11,17H2,1H3. The van der Waals surface area contributed by atoms with E-state index < -0.39 is 5.97 Å². The summed E-state index contributed by atoms with van der Waals surface area (Å²) in [6.45, 7) is 0.399. The third-order valence-corrected chi connectivity index (χ3v) is 3.90. The first-order valence-electron chi connectivity index (χ1n) is 7.25. The first-order valence-corrected chi connectivity index (χ1v) is 7.25. The van der Waals surface area contributed by atoms with Crippen LogP contribution in [0.25, 0.3) is 0 Å². The van der Waals surface area contributed by atoms with E-state index in [1.807, 2.05) is 30.3 Å². The number of benzene rings is 1. The third kappa shape index (κ3) is 4.29. The van der Waals surface area contributed by atoms with E-state index in [1.54, 1.807) is 4.90 Å². The van der Waals surface area contributed by atoms with Crippen LogP contribution in [0.3, 0.4) is 0 Å². The molecule has 21 heavy (non-hydrogen) atoms. The van der Waals surface area contributed by atoms with Gasteiger partial charge in [-0.25, -0.2) is 0 Å². The number of methoxy groups -OCH3 is 1.